The summed E-state index contributed by atoms with van der Waals surface area (Å²) < 4.78 is 6.12. The van der Waals surface area contributed by atoms with E-state index < -0.39 is 11.9 Å². The number of ether oxygens (including phenoxy) is 1. The van der Waals surface area contributed by atoms with Crippen molar-refractivity contribution in [3.05, 3.63) is 27.7 Å². The van der Waals surface area contributed by atoms with Crippen molar-refractivity contribution in [2.75, 3.05) is 6.61 Å². The molecule has 1 aromatic carbocycles. The molecule has 6 nitrogen and oxygen atoms in total. The molecule has 0 spiro atoms. The van der Waals surface area contributed by atoms with Gasteiger partial charge in [0.15, 0.2) is 6.61 Å². The predicted octanol–water partition coefficient (Wildman–Crippen LogP) is 3.14. The normalized spacial score (nSPS) is 14.9. The van der Waals surface area contributed by atoms with Gasteiger partial charge in [-0.25, -0.2) is 10.2 Å². The maximum absolute atomic E-state index is 11.7. The number of amides is 3. The molecule has 1 fully saturated rings. The highest BCUT2D eigenvalue weighted by Gasteiger charge is 2.15. The zero-order chi connectivity index (χ0) is 16.7. The molecule has 0 saturated heterocycles. The van der Waals surface area contributed by atoms with E-state index in [-0.39, 0.29) is 12.6 Å². The van der Waals surface area contributed by atoms with E-state index in [1.165, 1.54) is 6.42 Å². The average Bonchev–Trinajstić information content (AvgIpc) is 2.53. The number of hydrogen-bond acceptors (Lipinski definition) is 3. The number of hydrogen-bond donors (Lipinski definition) is 3. The molecule has 1 aliphatic rings. The van der Waals surface area contributed by atoms with Gasteiger partial charge in [0.25, 0.3) is 5.91 Å². The standard InChI is InChI=1S/C15H19BrClN3O3/c16-10-6-7-13(12(17)8-10)23-9-14(21)19-20-15(22)18-11-4-2-1-3-5-11/h6-8,11H,1-5,9H2,(H,19,21)(H2,18,20,22). The van der Waals surface area contributed by atoms with E-state index in [9.17, 15) is 9.59 Å². The van der Waals surface area contributed by atoms with Crippen LogP contribution in [0.2, 0.25) is 5.02 Å². The Balaban J connectivity index is 1.67. The van der Waals surface area contributed by atoms with Crippen molar-refractivity contribution in [2.24, 2.45) is 0 Å². The second-order valence-corrected chi connectivity index (χ2v) is 6.67. The molecule has 1 aliphatic carbocycles. The number of benzene rings is 1. The van der Waals surface area contributed by atoms with Crippen LogP contribution in [0.15, 0.2) is 22.7 Å². The van der Waals surface area contributed by atoms with Gasteiger partial charge in [0.2, 0.25) is 0 Å². The van der Waals surface area contributed by atoms with Crippen LogP contribution in [0.3, 0.4) is 0 Å². The largest absolute Gasteiger partial charge is 0.482 e. The van der Waals surface area contributed by atoms with Crippen LogP contribution in [0.25, 0.3) is 0 Å². The number of urea groups is 1. The number of carbonyl (C=O) groups is 2. The van der Waals surface area contributed by atoms with Gasteiger partial charge in [0.1, 0.15) is 5.75 Å². The second-order valence-electron chi connectivity index (χ2n) is 5.34. The average molecular weight is 405 g/mol. The van der Waals surface area contributed by atoms with Gasteiger partial charge in [0.05, 0.1) is 5.02 Å². The first-order chi connectivity index (χ1) is 11.0. The molecule has 3 N–H and O–H groups in total. The Labute approximate surface area is 148 Å². The summed E-state index contributed by atoms with van der Waals surface area (Å²) in [5, 5.41) is 3.23. The van der Waals surface area contributed by atoms with E-state index >= 15 is 0 Å². The lowest BCUT2D eigenvalue weighted by molar-refractivity contribution is -0.123. The molecular weight excluding hydrogens is 386 g/mol. The van der Waals surface area contributed by atoms with E-state index in [1.54, 1.807) is 18.2 Å². The molecule has 2 rings (SSSR count). The van der Waals surface area contributed by atoms with Gasteiger partial charge in [-0.2, -0.15) is 0 Å². The van der Waals surface area contributed by atoms with Crippen molar-refractivity contribution in [1.82, 2.24) is 16.2 Å². The first-order valence-corrected chi connectivity index (χ1v) is 8.65. The smallest absolute Gasteiger partial charge is 0.333 e. The van der Waals surface area contributed by atoms with Crippen molar-refractivity contribution in [3.63, 3.8) is 0 Å². The van der Waals surface area contributed by atoms with E-state index in [4.69, 9.17) is 16.3 Å². The zero-order valence-corrected chi connectivity index (χ0v) is 14.9. The monoisotopic (exact) mass is 403 g/mol. The Kier molecular flexibility index (Phi) is 6.98. The summed E-state index contributed by atoms with van der Waals surface area (Å²) in [5.41, 5.74) is 4.61. The minimum atomic E-state index is -0.470. The van der Waals surface area contributed by atoms with Crippen LogP contribution in [-0.2, 0) is 4.79 Å². The summed E-state index contributed by atoms with van der Waals surface area (Å²) in [6.07, 6.45) is 5.42. The summed E-state index contributed by atoms with van der Waals surface area (Å²) in [6, 6.07) is 4.85. The van der Waals surface area contributed by atoms with Crippen LogP contribution in [0.1, 0.15) is 32.1 Å². The fourth-order valence-corrected chi connectivity index (χ4v) is 3.09. The number of nitrogens with one attached hydrogen (secondary N) is 3. The van der Waals surface area contributed by atoms with Crippen LogP contribution in [0.5, 0.6) is 5.75 Å². The maximum Gasteiger partial charge on any atom is 0.333 e. The first kappa shape index (κ1) is 17.9. The van der Waals surface area contributed by atoms with Gasteiger partial charge < -0.3 is 10.1 Å². The SMILES string of the molecule is O=C(COc1ccc(Br)cc1Cl)NNC(=O)NC1CCCCC1. The Morgan fingerprint density at radius 2 is 1.96 bits per heavy atom. The highest BCUT2D eigenvalue weighted by molar-refractivity contribution is 9.10. The van der Waals surface area contributed by atoms with E-state index in [1.807, 2.05) is 0 Å². The van der Waals surface area contributed by atoms with Crippen LogP contribution >= 0.6 is 27.5 Å². The molecule has 0 aromatic heterocycles. The van der Waals surface area contributed by atoms with Gasteiger partial charge in [-0.3, -0.25) is 10.2 Å². The molecule has 1 saturated carbocycles. The molecule has 0 radical (unpaired) electrons. The third kappa shape index (κ3) is 6.27. The molecule has 23 heavy (non-hydrogen) atoms. The second kappa shape index (κ2) is 8.98. The summed E-state index contributed by atoms with van der Waals surface area (Å²) in [7, 11) is 0. The molecule has 0 bridgehead atoms. The fourth-order valence-electron chi connectivity index (χ4n) is 2.37. The highest BCUT2D eigenvalue weighted by Crippen LogP contribution is 2.27. The molecule has 126 valence electrons. The van der Waals surface area contributed by atoms with E-state index in [0.29, 0.717) is 10.8 Å². The Morgan fingerprint density at radius 1 is 1.22 bits per heavy atom. The summed E-state index contributed by atoms with van der Waals surface area (Å²) in [4.78, 5) is 23.3. The third-order valence-electron chi connectivity index (χ3n) is 3.51. The van der Waals surface area contributed by atoms with Gasteiger partial charge in [-0.15, -0.1) is 0 Å². The Morgan fingerprint density at radius 3 is 2.65 bits per heavy atom. The van der Waals surface area contributed by atoms with Crippen molar-refractivity contribution >= 4 is 39.5 Å². The highest BCUT2D eigenvalue weighted by atomic mass is 79.9. The maximum atomic E-state index is 11.7. The fraction of sp³-hybridized carbons (Fsp3) is 0.467. The molecule has 0 aliphatic heterocycles. The van der Waals surface area contributed by atoms with Gasteiger partial charge in [0, 0.05) is 10.5 Å². The Bertz CT molecular complexity index is 565. The summed E-state index contributed by atoms with van der Waals surface area (Å²) in [6.45, 7) is -0.245. The minimum absolute atomic E-state index is 0.179. The van der Waals surface area contributed by atoms with Gasteiger partial charge >= 0.3 is 6.03 Å². The lowest BCUT2D eigenvalue weighted by atomic mass is 9.96. The molecule has 0 heterocycles. The molecule has 0 unspecified atom stereocenters. The number of rotatable bonds is 4. The first-order valence-electron chi connectivity index (χ1n) is 7.48. The third-order valence-corrected chi connectivity index (χ3v) is 4.30. The molecule has 3 amide bonds. The summed E-state index contributed by atoms with van der Waals surface area (Å²) in [5.74, 6) is -0.0700. The molecule has 0 atom stereocenters. The number of carbonyl (C=O) groups excluding carboxylic acids is 2. The molecular formula is C15H19BrClN3O3. The predicted molar refractivity (Wildman–Crippen MR) is 91.3 cm³/mol. The lowest BCUT2D eigenvalue weighted by Crippen LogP contribution is -2.51. The Hall–Kier alpha value is -1.47. The number of halogens is 2. The van der Waals surface area contributed by atoms with Crippen LogP contribution in [0.4, 0.5) is 4.79 Å². The molecule has 1 aromatic rings. The molecule has 8 heteroatoms. The van der Waals surface area contributed by atoms with Crippen molar-refractivity contribution < 1.29 is 14.3 Å². The zero-order valence-electron chi connectivity index (χ0n) is 12.5. The lowest BCUT2D eigenvalue weighted by Gasteiger charge is -2.22. The van der Waals surface area contributed by atoms with Gasteiger partial charge in [-0.1, -0.05) is 46.8 Å². The minimum Gasteiger partial charge on any atom is -0.482 e. The van der Waals surface area contributed by atoms with Gasteiger partial charge in [-0.05, 0) is 31.0 Å². The van der Waals surface area contributed by atoms with Crippen LogP contribution < -0.4 is 20.9 Å². The van der Waals surface area contributed by atoms with Crippen molar-refractivity contribution in [2.45, 2.75) is 38.1 Å². The quantitative estimate of drug-likeness (QED) is 0.675. The van der Waals surface area contributed by atoms with Crippen LogP contribution in [0, 0.1) is 0 Å². The topological polar surface area (TPSA) is 79.5 Å². The summed E-state index contributed by atoms with van der Waals surface area (Å²) >= 11 is 9.27. The van der Waals surface area contributed by atoms with E-state index in [2.05, 4.69) is 32.1 Å². The van der Waals surface area contributed by atoms with E-state index in [0.717, 1.165) is 30.2 Å². The number of hydrazine groups is 1. The van der Waals surface area contributed by atoms with Crippen LogP contribution in [-0.4, -0.2) is 24.6 Å². The van der Waals surface area contributed by atoms with Crippen molar-refractivity contribution in [3.8, 4) is 5.75 Å². The van der Waals surface area contributed by atoms with Crippen molar-refractivity contribution in [1.29, 1.82) is 0 Å².